The second kappa shape index (κ2) is 5.72. The number of aromatic hydroxyl groups is 2. The molecule has 2 rings (SSSR count). The molecule has 108 valence electrons. The lowest BCUT2D eigenvalue weighted by atomic mass is 10.1. The number of nitrogens with one attached hydrogen (secondary N) is 1. The van der Waals surface area contributed by atoms with Crippen LogP contribution in [-0.2, 0) is 0 Å². The molecule has 2 aromatic carbocycles. The highest BCUT2D eigenvalue weighted by atomic mass is 35.5. The summed E-state index contributed by atoms with van der Waals surface area (Å²) < 4.78 is 0. The van der Waals surface area contributed by atoms with Crippen molar-refractivity contribution in [2.75, 3.05) is 5.32 Å². The Balaban J connectivity index is 2.36. The third-order valence-electron chi connectivity index (χ3n) is 2.71. The molecule has 0 radical (unpaired) electrons. The van der Waals surface area contributed by atoms with Crippen molar-refractivity contribution in [3.63, 3.8) is 0 Å². The third kappa shape index (κ3) is 3.06. The molecule has 4 N–H and O–H groups in total. The molecule has 7 heteroatoms. The first-order chi connectivity index (χ1) is 9.90. The Kier molecular flexibility index (Phi) is 4.00. The van der Waals surface area contributed by atoms with Crippen molar-refractivity contribution in [3.8, 4) is 11.5 Å². The number of phenolic OH excluding ortho intramolecular Hbond substituents is 1. The third-order valence-corrected chi connectivity index (χ3v) is 3.00. The van der Waals surface area contributed by atoms with E-state index >= 15 is 0 Å². The quantitative estimate of drug-likeness (QED) is 0.652. The number of aromatic carboxylic acids is 1. The lowest BCUT2D eigenvalue weighted by Crippen LogP contribution is -2.13. The zero-order valence-electron chi connectivity index (χ0n) is 10.5. The Morgan fingerprint density at radius 2 is 1.76 bits per heavy atom. The number of carbonyl (C=O) groups excluding carboxylic acids is 1. The van der Waals surface area contributed by atoms with E-state index in [1.54, 1.807) is 12.1 Å². The van der Waals surface area contributed by atoms with Crippen LogP contribution in [0.15, 0.2) is 36.4 Å². The van der Waals surface area contributed by atoms with Crippen LogP contribution in [0, 0.1) is 0 Å². The highest BCUT2D eigenvalue weighted by Crippen LogP contribution is 2.30. The van der Waals surface area contributed by atoms with Gasteiger partial charge >= 0.3 is 5.97 Å². The van der Waals surface area contributed by atoms with Crippen LogP contribution in [0.3, 0.4) is 0 Å². The van der Waals surface area contributed by atoms with Gasteiger partial charge in [0, 0.05) is 5.56 Å². The number of carbonyl (C=O) groups is 2. The van der Waals surface area contributed by atoms with E-state index in [4.69, 9.17) is 16.7 Å². The Bertz CT molecular complexity index is 729. The minimum absolute atomic E-state index is 0.0570. The van der Waals surface area contributed by atoms with E-state index < -0.39 is 23.2 Å². The zero-order chi connectivity index (χ0) is 15.6. The first kappa shape index (κ1) is 14.7. The number of para-hydroxylation sites is 2. The molecule has 0 unspecified atom stereocenters. The highest BCUT2D eigenvalue weighted by Gasteiger charge is 2.18. The molecule has 2 aromatic rings. The van der Waals surface area contributed by atoms with E-state index in [-0.39, 0.29) is 22.0 Å². The maximum atomic E-state index is 12.0. The van der Waals surface area contributed by atoms with Gasteiger partial charge in [0.1, 0.15) is 17.1 Å². The van der Waals surface area contributed by atoms with Gasteiger partial charge in [-0.1, -0.05) is 23.7 Å². The second-order valence-corrected chi connectivity index (χ2v) is 4.54. The van der Waals surface area contributed by atoms with Gasteiger partial charge in [-0.15, -0.1) is 0 Å². The van der Waals surface area contributed by atoms with Crippen LogP contribution < -0.4 is 5.32 Å². The van der Waals surface area contributed by atoms with Crippen LogP contribution in [0.25, 0.3) is 0 Å². The Morgan fingerprint density at radius 1 is 1.10 bits per heavy atom. The van der Waals surface area contributed by atoms with Crippen molar-refractivity contribution in [2.45, 2.75) is 0 Å². The summed E-state index contributed by atoms with van der Waals surface area (Å²) in [5.74, 6) is -2.81. The van der Waals surface area contributed by atoms with E-state index in [1.807, 2.05) is 0 Å². The molecule has 0 spiro atoms. The van der Waals surface area contributed by atoms with Crippen LogP contribution in [-0.4, -0.2) is 27.2 Å². The van der Waals surface area contributed by atoms with Gasteiger partial charge in [0.05, 0.1) is 10.7 Å². The summed E-state index contributed by atoms with van der Waals surface area (Å²) in [4.78, 5) is 23.0. The molecule has 0 heterocycles. The number of halogens is 1. The normalized spacial score (nSPS) is 10.1. The van der Waals surface area contributed by atoms with Gasteiger partial charge in [-0.3, -0.25) is 4.79 Å². The van der Waals surface area contributed by atoms with Crippen molar-refractivity contribution in [1.29, 1.82) is 0 Å². The maximum absolute atomic E-state index is 12.0. The average molecular weight is 308 g/mol. The highest BCUT2D eigenvalue weighted by molar-refractivity contribution is 6.33. The summed E-state index contributed by atoms with van der Waals surface area (Å²) in [5.41, 5.74) is -0.369. The maximum Gasteiger partial charge on any atom is 0.339 e. The van der Waals surface area contributed by atoms with Crippen LogP contribution in [0.4, 0.5) is 5.69 Å². The van der Waals surface area contributed by atoms with Gasteiger partial charge in [0.25, 0.3) is 5.91 Å². The minimum Gasteiger partial charge on any atom is -0.506 e. The second-order valence-electron chi connectivity index (χ2n) is 4.13. The van der Waals surface area contributed by atoms with Crippen LogP contribution in [0.5, 0.6) is 11.5 Å². The monoisotopic (exact) mass is 307 g/mol. The number of hydrogen-bond acceptors (Lipinski definition) is 4. The fourth-order valence-electron chi connectivity index (χ4n) is 1.67. The number of hydrogen-bond donors (Lipinski definition) is 4. The summed E-state index contributed by atoms with van der Waals surface area (Å²) >= 11 is 5.70. The van der Waals surface area contributed by atoms with Gasteiger partial charge in [-0.25, -0.2) is 4.79 Å². The largest absolute Gasteiger partial charge is 0.506 e. The van der Waals surface area contributed by atoms with E-state index in [0.29, 0.717) is 0 Å². The van der Waals surface area contributed by atoms with Gasteiger partial charge in [0.15, 0.2) is 0 Å². The molecule has 0 saturated heterocycles. The lowest BCUT2D eigenvalue weighted by molar-refractivity contribution is 0.0693. The van der Waals surface area contributed by atoms with Crippen LogP contribution in [0.2, 0.25) is 5.02 Å². The van der Waals surface area contributed by atoms with E-state index in [9.17, 15) is 19.8 Å². The number of carboxylic acids is 1. The van der Waals surface area contributed by atoms with Gasteiger partial charge in [-0.2, -0.15) is 0 Å². The average Bonchev–Trinajstić information content (AvgIpc) is 2.43. The molecule has 0 atom stereocenters. The topological polar surface area (TPSA) is 107 Å². The summed E-state index contributed by atoms with van der Waals surface area (Å²) in [6.45, 7) is 0. The predicted molar refractivity (Wildman–Crippen MR) is 76.1 cm³/mol. The Morgan fingerprint density at radius 3 is 2.38 bits per heavy atom. The fraction of sp³-hybridized carbons (Fsp3) is 0. The van der Waals surface area contributed by atoms with E-state index in [1.165, 1.54) is 12.1 Å². The van der Waals surface area contributed by atoms with Crippen LogP contribution >= 0.6 is 11.6 Å². The van der Waals surface area contributed by atoms with Crippen molar-refractivity contribution >= 4 is 29.2 Å². The molecule has 0 aliphatic carbocycles. The molecule has 0 saturated carbocycles. The van der Waals surface area contributed by atoms with E-state index in [0.717, 1.165) is 12.1 Å². The molecule has 6 nitrogen and oxygen atoms in total. The number of carboxylic acid groups (broad SMARTS) is 1. The minimum atomic E-state index is -1.41. The van der Waals surface area contributed by atoms with Crippen molar-refractivity contribution in [2.24, 2.45) is 0 Å². The summed E-state index contributed by atoms with van der Waals surface area (Å²) in [7, 11) is 0. The Hall–Kier alpha value is -2.73. The number of amides is 1. The first-order valence-electron chi connectivity index (χ1n) is 5.75. The molecule has 0 aliphatic heterocycles. The number of anilines is 1. The SMILES string of the molecule is O=C(Nc1ccccc1O)c1cc(Cl)c(O)c(C(=O)O)c1. The molecule has 1 amide bonds. The Labute approximate surface area is 124 Å². The fourth-order valence-corrected chi connectivity index (χ4v) is 1.89. The van der Waals surface area contributed by atoms with Gasteiger partial charge in [-0.05, 0) is 24.3 Å². The van der Waals surface area contributed by atoms with E-state index in [2.05, 4.69) is 5.32 Å². The smallest absolute Gasteiger partial charge is 0.339 e. The number of benzene rings is 2. The molecule has 0 aromatic heterocycles. The van der Waals surface area contributed by atoms with Gasteiger partial charge < -0.3 is 20.6 Å². The van der Waals surface area contributed by atoms with Crippen molar-refractivity contribution in [3.05, 3.63) is 52.5 Å². The predicted octanol–water partition coefficient (Wildman–Crippen LogP) is 2.70. The number of phenols is 2. The van der Waals surface area contributed by atoms with Crippen molar-refractivity contribution in [1.82, 2.24) is 0 Å². The van der Waals surface area contributed by atoms with Crippen molar-refractivity contribution < 1.29 is 24.9 Å². The zero-order valence-corrected chi connectivity index (χ0v) is 11.3. The molecule has 0 aliphatic rings. The molecular formula is C14H10ClNO5. The summed E-state index contributed by atoms with van der Waals surface area (Å²) in [6.07, 6.45) is 0. The lowest BCUT2D eigenvalue weighted by Gasteiger charge is -2.09. The molecule has 0 fully saturated rings. The molecule has 21 heavy (non-hydrogen) atoms. The summed E-state index contributed by atoms with van der Waals surface area (Å²) in [5, 5.41) is 30.2. The molecular weight excluding hydrogens is 298 g/mol. The van der Waals surface area contributed by atoms with Crippen LogP contribution in [0.1, 0.15) is 20.7 Å². The summed E-state index contributed by atoms with van der Waals surface area (Å²) in [6, 6.07) is 8.21. The first-order valence-corrected chi connectivity index (χ1v) is 6.13. The van der Waals surface area contributed by atoms with Gasteiger partial charge in [0.2, 0.25) is 0 Å². The molecule has 0 bridgehead atoms. The number of rotatable bonds is 3. The standard InChI is InChI=1S/C14H10ClNO5/c15-9-6-7(5-8(12(9)18)14(20)21)13(19)16-10-3-1-2-4-11(10)17/h1-6,17-18H,(H,16,19)(H,20,21).